The summed E-state index contributed by atoms with van der Waals surface area (Å²) in [5.74, 6) is 0.557. The lowest BCUT2D eigenvalue weighted by Gasteiger charge is -2.42. The number of fused-ring (bicyclic) bond motifs is 2. The van der Waals surface area contributed by atoms with Gasteiger partial charge in [0, 0.05) is 68.0 Å². The molecule has 0 unspecified atom stereocenters. The molecule has 4 rings (SSSR count). The van der Waals surface area contributed by atoms with Crippen LogP contribution in [0.2, 0.25) is 0 Å². The lowest BCUT2D eigenvalue weighted by atomic mass is 9.99. The number of allylic oxidation sites excluding steroid dienone is 1. The summed E-state index contributed by atoms with van der Waals surface area (Å²) in [4.78, 5) is 18.3. The third kappa shape index (κ3) is 5.81. The molecule has 0 aliphatic carbocycles. The van der Waals surface area contributed by atoms with Crippen molar-refractivity contribution in [2.45, 2.75) is 44.8 Å². The predicted octanol–water partition coefficient (Wildman–Crippen LogP) is 3.35. The molecule has 2 heterocycles. The van der Waals surface area contributed by atoms with E-state index in [1.807, 2.05) is 44.2 Å². The van der Waals surface area contributed by atoms with Gasteiger partial charge < -0.3 is 30.8 Å². The molecule has 8 heteroatoms. The molecular weight excluding hydrogens is 466 g/mol. The molecule has 0 aromatic heterocycles. The first kappa shape index (κ1) is 26.7. The number of nitrogens with one attached hydrogen (secondary N) is 3. The minimum absolute atomic E-state index is 0.115. The molecule has 8 nitrogen and oxygen atoms in total. The van der Waals surface area contributed by atoms with E-state index >= 15 is 0 Å². The highest BCUT2D eigenvalue weighted by molar-refractivity contribution is 6.08. The smallest absolute Gasteiger partial charge is 0.252 e. The summed E-state index contributed by atoms with van der Waals surface area (Å²) in [6.45, 7) is 6.69. The normalized spacial score (nSPS) is 20.5. The molecule has 0 spiro atoms. The molecule has 3 atom stereocenters. The summed E-state index contributed by atoms with van der Waals surface area (Å²) in [6, 6.07) is 12.6. The van der Waals surface area contributed by atoms with Gasteiger partial charge in [0.25, 0.3) is 5.91 Å². The van der Waals surface area contributed by atoms with E-state index in [2.05, 4.69) is 26.5 Å². The molecule has 2 aliphatic heterocycles. The van der Waals surface area contributed by atoms with Crippen LogP contribution >= 0.6 is 0 Å². The zero-order valence-corrected chi connectivity index (χ0v) is 22.3. The van der Waals surface area contributed by atoms with E-state index in [0.29, 0.717) is 23.4 Å². The van der Waals surface area contributed by atoms with Gasteiger partial charge in [-0.15, -0.1) is 0 Å². The third-order valence-electron chi connectivity index (χ3n) is 7.62. The Morgan fingerprint density at radius 3 is 2.57 bits per heavy atom. The minimum Gasteiger partial charge on any atom is -0.497 e. The van der Waals surface area contributed by atoms with Gasteiger partial charge in [-0.2, -0.15) is 0 Å². The molecule has 198 valence electrons. The van der Waals surface area contributed by atoms with Crippen LogP contribution in [0.15, 0.2) is 42.6 Å². The van der Waals surface area contributed by atoms with Crippen molar-refractivity contribution >= 4 is 23.4 Å². The molecule has 0 radical (unpaired) electrons. The maximum atomic E-state index is 13.4. The van der Waals surface area contributed by atoms with Gasteiger partial charge in [-0.3, -0.25) is 9.69 Å². The Labute approximate surface area is 219 Å². The standard InChI is InChI=1S/C29H39N5O3/c1-19-5-6-24(33-17-25-7-8-26(18-33)34(25)9-10-35)14-28(19)29(36)32-20(2)21-11-22(13-27(12-21)37-4)23(15-30)16-31-3/h5-6,11-16,20,25-26,30-31,35H,7-10,17-18H2,1-4H3,(H,32,36)/b23-16+,30-15?/t20-,25-,26+/m1/s1. The fourth-order valence-corrected chi connectivity index (χ4v) is 5.61. The molecular formula is C29H39N5O3. The maximum absolute atomic E-state index is 13.4. The molecule has 4 N–H and O–H groups in total. The Bertz CT molecular complexity index is 1150. The van der Waals surface area contributed by atoms with Crippen molar-refractivity contribution in [3.8, 4) is 5.75 Å². The van der Waals surface area contributed by atoms with Gasteiger partial charge in [0.1, 0.15) is 5.75 Å². The number of hydrogen-bond donors (Lipinski definition) is 4. The molecule has 1 amide bonds. The maximum Gasteiger partial charge on any atom is 0.252 e. The van der Waals surface area contributed by atoms with E-state index in [-0.39, 0.29) is 18.6 Å². The third-order valence-corrected chi connectivity index (χ3v) is 7.62. The number of aliphatic hydroxyl groups is 1. The van der Waals surface area contributed by atoms with Gasteiger partial charge in [-0.05, 0) is 73.7 Å². The van der Waals surface area contributed by atoms with E-state index in [0.717, 1.165) is 60.4 Å². The average Bonchev–Trinajstić information content (AvgIpc) is 3.13. The molecule has 2 aromatic carbocycles. The monoisotopic (exact) mass is 505 g/mol. The Kier molecular flexibility index (Phi) is 8.51. The van der Waals surface area contributed by atoms with Gasteiger partial charge >= 0.3 is 0 Å². The highest BCUT2D eigenvalue weighted by atomic mass is 16.5. The van der Waals surface area contributed by atoms with Gasteiger partial charge in [-0.1, -0.05) is 6.07 Å². The van der Waals surface area contributed by atoms with Crippen molar-refractivity contribution in [1.29, 1.82) is 5.41 Å². The molecule has 0 saturated carbocycles. The molecule has 2 aromatic rings. The number of carbonyl (C=O) groups is 1. The molecule has 2 bridgehead atoms. The zero-order chi connectivity index (χ0) is 26.5. The summed E-state index contributed by atoms with van der Waals surface area (Å²) in [6.07, 6.45) is 5.37. The fraction of sp³-hybridized carbons (Fsp3) is 0.448. The molecule has 2 saturated heterocycles. The minimum atomic E-state index is -0.260. The van der Waals surface area contributed by atoms with Gasteiger partial charge in [0.2, 0.25) is 0 Å². The van der Waals surface area contributed by atoms with Crippen LogP contribution in [-0.2, 0) is 0 Å². The second-order valence-electron chi connectivity index (χ2n) is 9.97. The van der Waals surface area contributed by atoms with Crippen LogP contribution in [0.25, 0.3) is 5.57 Å². The Hall–Kier alpha value is -3.36. The molecule has 2 aliphatic rings. The first-order chi connectivity index (χ1) is 17.9. The van der Waals surface area contributed by atoms with E-state index in [1.165, 1.54) is 6.21 Å². The number of aryl methyl sites for hydroxylation is 1. The summed E-state index contributed by atoms with van der Waals surface area (Å²) in [5, 5.41) is 23.3. The first-order valence-electron chi connectivity index (χ1n) is 13.0. The number of piperazine rings is 1. The number of amides is 1. The number of ether oxygens (including phenoxy) is 1. The lowest BCUT2D eigenvalue weighted by Crippen LogP contribution is -2.54. The number of anilines is 1. The van der Waals surface area contributed by atoms with Crippen molar-refractivity contribution in [1.82, 2.24) is 15.5 Å². The van der Waals surface area contributed by atoms with Crippen LogP contribution in [0, 0.1) is 12.3 Å². The van der Waals surface area contributed by atoms with Crippen molar-refractivity contribution in [3.63, 3.8) is 0 Å². The highest BCUT2D eigenvalue weighted by Gasteiger charge is 2.39. The quantitative estimate of drug-likeness (QED) is 0.370. The van der Waals surface area contributed by atoms with Crippen molar-refractivity contribution in [2.24, 2.45) is 0 Å². The Morgan fingerprint density at radius 1 is 1.22 bits per heavy atom. The van der Waals surface area contributed by atoms with Gasteiger partial charge in [0.15, 0.2) is 0 Å². The van der Waals surface area contributed by atoms with Crippen molar-refractivity contribution in [2.75, 3.05) is 45.3 Å². The number of hydrogen-bond acceptors (Lipinski definition) is 7. The summed E-state index contributed by atoms with van der Waals surface area (Å²) >= 11 is 0. The second-order valence-corrected chi connectivity index (χ2v) is 9.97. The second kappa shape index (κ2) is 11.8. The van der Waals surface area contributed by atoms with Crippen LogP contribution in [0.5, 0.6) is 5.75 Å². The SMILES string of the molecule is CN/C=C(\C=N)c1cc(OC)cc([C@@H](C)NC(=O)c2cc(N3C[C@H]4CC[C@@H](C3)N4CCO)ccc2C)c1. The average molecular weight is 506 g/mol. The number of benzene rings is 2. The van der Waals surface area contributed by atoms with Gasteiger partial charge in [-0.25, -0.2) is 0 Å². The highest BCUT2D eigenvalue weighted by Crippen LogP contribution is 2.33. The number of methoxy groups -OCH3 is 1. The zero-order valence-electron chi connectivity index (χ0n) is 22.3. The molecule has 37 heavy (non-hydrogen) atoms. The summed E-state index contributed by atoms with van der Waals surface area (Å²) < 4.78 is 5.50. The van der Waals surface area contributed by atoms with Crippen LogP contribution < -0.4 is 20.3 Å². The Morgan fingerprint density at radius 2 is 1.95 bits per heavy atom. The summed E-state index contributed by atoms with van der Waals surface area (Å²) in [5.41, 5.74) is 5.14. The number of rotatable bonds is 10. The van der Waals surface area contributed by atoms with Gasteiger partial charge in [0.05, 0.1) is 19.8 Å². The molecule has 2 fully saturated rings. The van der Waals surface area contributed by atoms with E-state index in [1.54, 1.807) is 20.4 Å². The van der Waals surface area contributed by atoms with Crippen molar-refractivity contribution < 1.29 is 14.6 Å². The largest absolute Gasteiger partial charge is 0.497 e. The van der Waals surface area contributed by atoms with E-state index < -0.39 is 0 Å². The van der Waals surface area contributed by atoms with Crippen LogP contribution in [0.1, 0.15) is 52.9 Å². The number of carbonyl (C=O) groups excluding carboxylic acids is 1. The van der Waals surface area contributed by atoms with Crippen LogP contribution in [0.3, 0.4) is 0 Å². The topological polar surface area (TPSA) is 101 Å². The van der Waals surface area contributed by atoms with Crippen LogP contribution in [-0.4, -0.2) is 74.6 Å². The lowest BCUT2D eigenvalue weighted by molar-refractivity contribution is 0.0939. The summed E-state index contributed by atoms with van der Waals surface area (Å²) in [7, 11) is 3.41. The Balaban J connectivity index is 1.52. The van der Waals surface area contributed by atoms with Crippen LogP contribution in [0.4, 0.5) is 5.69 Å². The van der Waals surface area contributed by atoms with Crippen molar-refractivity contribution in [3.05, 3.63) is 64.9 Å². The predicted molar refractivity (Wildman–Crippen MR) is 149 cm³/mol. The number of nitrogens with zero attached hydrogens (tertiary/aromatic N) is 2. The first-order valence-corrected chi connectivity index (χ1v) is 13.0. The van der Waals surface area contributed by atoms with E-state index in [4.69, 9.17) is 10.1 Å². The van der Waals surface area contributed by atoms with E-state index in [9.17, 15) is 9.90 Å². The number of aliphatic hydroxyl groups excluding tert-OH is 1. The fourth-order valence-electron chi connectivity index (χ4n) is 5.61.